The van der Waals surface area contributed by atoms with Gasteiger partial charge in [-0.1, -0.05) is 6.42 Å². The number of aromatic nitrogens is 4. The Bertz CT molecular complexity index is 790. The summed E-state index contributed by atoms with van der Waals surface area (Å²) in [5.41, 5.74) is 1.06. The van der Waals surface area contributed by atoms with E-state index in [4.69, 9.17) is 0 Å². The first-order valence-electron chi connectivity index (χ1n) is 9.56. The molecule has 27 heavy (non-hydrogen) atoms. The summed E-state index contributed by atoms with van der Waals surface area (Å²) in [6.07, 6.45) is 4.01. The molecule has 144 valence electrons. The highest BCUT2D eigenvalue weighted by Crippen LogP contribution is 2.26. The lowest BCUT2D eigenvalue weighted by atomic mass is 10.0. The normalized spacial score (nSPS) is 20.7. The molecule has 0 aliphatic carbocycles. The molecule has 2 aliphatic rings. The average molecular weight is 388 g/mol. The van der Waals surface area contributed by atoms with Crippen LogP contribution in [0.15, 0.2) is 16.8 Å². The maximum atomic E-state index is 13.2. The molecule has 0 aromatic carbocycles. The van der Waals surface area contributed by atoms with Crippen molar-refractivity contribution in [2.75, 3.05) is 26.2 Å². The second-order valence-corrected chi connectivity index (χ2v) is 7.96. The lowest BCUT2D eigenvalue weighted by molar-refractivity contribution is -0.134. The second kappa shape index (κ2) is 8.16. The van der Waals surface area contributed by atoms with Crippen LogP contribution in [0.2, 0.25) is 0 Å². The molecule has 2 amide bonds. The van der Waals surface area contributed by atoms with Gasteiger partial charge in [-0.3, -0.25) is 9.59 Å². The summed E-state index contributed by atoms with van der Waals surface area (Å²) in [5.74, 6) is 0.656. The van der Waals surface area contributed by atoms with Crippen molar-refractivity contribution < 1.29 is 9.59 Å². The molecule has 4 rings (SSSR count). The van der Waals surface area contributed by atoms with Crippen molar-refractivity contribution in [3.63, 3.8) is 0 Å². The summed E-state index contributed by atoms with van der Waals surface area (Å²) >= 11 is 1.61. The van der Waals surface area contributed by atoms with E-state index in [1.807, 2.05) is 26.6 Å². The number of hydrogen-bond donors (Lipinski definition) is 0. The largest absolute Gasteiger partial charge is 0.341 e. The molecule has 2 aliphatic heterocycles. The van der Waals surface area contributed by atoms with Crippen molar-refractivity contribution in [1.82, 2.24) is 30.0 Å². The van der Waals surface area contributed by atoms with Crippen LogP contribution in [-0.2, 0) is 22.6 Å². The van der Waals surface area contributed by atoms with Crippen LogP contribution in [0.25, 0.3) is 0 Å². The first kappa shape index (κ1) is 18.1. The number of thiophene rings is 1. The number of carbonyl (C=O) groups is 2. The summed E-state index contributed by atoms with van der Waals surface area (Å²) in [6.45, 7) is 3.32. The monoisotopic (exact) mass is 388 g/mol. The van der Waals surface area contributed by atoms with E-state index in [9.17, 15) is 9.59 Å². The zero-order valence-electron chi connectivity index (χ0n) is 15.3. The Balaban J connectivity index is 1.39. The standard InChI is InChI=1S/C18H24N6O2S/c25-16(12-14-5-11-27-13-14)22-6-3-7-23(10-9-22)18(26)15-4-1-2-8-24-17(15)19-20-21-24/h5,11,13,15H,1-4,6-10,12H2. The lowest BCUT2D eigenvalue weighted by Gasteiger charge is -2.25. The number of aryl methyl sites for hydroxylation is 1. The predicted molar refractivity (Wildman–Crippen MR) is 100 cm³/mol. The Hall–Kier alpha value is -2.29. The molecule has 0 spiro atoms. The van der Waals surface area contributed by atoms with Crippen LogP contribution >= 0.6 is 11.3 Å². The van der Waals surface area contributed by atoms with Gasteiger partial charge in [0, 0.05) is 32.7 Å². The molecule has 2 aromatic heterocycles. The quantitative estimate of drug-likeness (QED) is 0.791. The van der Waals surface area contributed by atoms with E-state index < -0.39 is 0 Å². The molecule has 0 bridgehead atoms. The molecular formula is C18H24N6O2S. The van der Waals surface area contributed by atoms with Crippen molar-refractivity contribution in [3.8, 4) is 0 Å². The molecule has 2 aromatic rings. The maximum absolute atomic E-state index is 13.2. The third kappa shape index (κ3) is 4.02. The minimum absolute atomic E-state index is 0.0973. The van der Waals surface area contributed by atoms with Gasteiger partial charge in [-0.2, -0.15) is 11.3 Å². The van der Waals surface area contributed by atoms with E-state index in [1.54, 1.807) is 16.0 Å². The number of nitrogens with zero attached hydrogens (tertiary/aromatic N) is 6. The van der Waals surface area contributed by atoms with E-state index in [0.717, 1.165) is 37.8 Å². The minimum Gasteiger partial charge on any atom is -0.341 e. The number of carbonyl (C=O) groups excluding carboxylic acids is 2. The number of amides is 2. The van der Waals surface area contributed by atoms with E-state index >= 15 is 0 Å². The molecule has 1 atom stereocenters. The van der Waals surface area contributed by atoms with Gasteiger partial charge in [-0.25, -0.2) is 4.68 Å². The van der Waals surface area contributed by atoms with Gasteiger partial charge < -0.3 is 9.80 Å². The van der Waals surface area contributed by atoms with Gasteiger partial charge in [0.25, 0.3) is 0 Å². The van der Waals surface area contributed by atoms with Crippen molar-refractivity contribution >= 4 is 23.2 Å². The zero-order chi connectivity index (χ0) is 18.6. The zero-order valence-corrected chi connectivity index (χ0v) is 16.1. The Morgan fingerprint density at radius 2 is 1.93 bits per heavy atom. The fraction of sp³-hybridized carbons (Fsp3) is 0.611. The van der Waals surface area contributed by atoms with E-state index in [2.05, 4.69) is 15.5 Å². The van der Waals surface area contributed by atoms with Gasteiger partial charge >= 0.3 is 0 Å². The van der Waals surface area contributed by atoms with Crippen LogP contribution in [0.3, 0.4) is 0 Å². The Morgan fingerprint density at radius 1 is 1.07 bits per heavy atom. The topological polar surface area (TPSA) is 84.2 Å². The van der Waals surface area contributed by atoms with Gasteiger partial charge in [0.2, 0.25) is 11.8 Å². The average Bonchev–Trinajstić information content (AvgIpc) is 3.23. The highest BCUT2D eigenvalue weighted by molar-refractivity contribution is 7.08. The van der Waals surface area contributed by atoms with Gasteiger partial charge in [-0.05, 0) is 52.1 Å². The molecule has 8 nitrogen and oxygen atoms in total. The van der Waals surface area contributed by atoms with Crippen molar-refractivity contribution in [2.45, 2.75) is 44.6 Å². The molecule has 1 unspecified atom stereocenters. The minimum atomic E-state index is -0.268. The van der Waals surface area contributed by atoms with Crippen LogP contribution in [0.4, 0.5) is 0 Å². The van der Waals surface area contributed by atoms with Gasteiger partial charge in [0.05, 0.1) is 12.3 Å². The highest BCUT2D eigenvalue weighted by atomic mass is 32.1. The highest BCUT2D eigenvalue weighted by Gasteiger charge is 2.33. The van der Waals surface area contributed by atoms with Gasteiger partial charge in [0.15, 0.2) is 5.82 Å². The fourth-order valence-electron chi connectivity index (χ4n) is 3.88. The Kier molecular flexibility index (Phi) is 5.47. The molecule has 0 radical (unpaired) electrons. The lowest BCUT2D eigenvalue weighted by Crippen LogP contribution is -2.40. The number of tetrazole rings is 1. The molecule has 4 heterocycles. The van der Waals surface area contributed by atoms with Crippen molar-refractivity contribution in [1.29, 1.82) is 0 Å². The summed E-state index contributed by atoms with van der Waals surface area (Å²) in [5, 5.41) is 15.9. The molecule has 1 fully saturated rings. The molecule has 1 saturated heterocycles. The van der Waals surface area contributed by atoms with Crippen molar-refractivity contribution in [2.24, 2.45) is 0 Å². The third-order valence-corrected chi connectivity index (χ3v) is 6.11. The molecule has 0 N–H and O–H groups in total. The van der Waals surface area contributed by atoms with Gasteiger partial charge in [-0.15, -0.1) is 5.10 Å². The van der Waals surface area contributed by atoms with E-state index in [-0.39, 0.29) is 17.7 Å². The maximum Gasteiger partial charge on any atom is 0.233 e. The summed E-state index contributed by atoms with van der Waals surface area (Å²) < 4.78 is 1.77. The molecular weight excluding hydrogens is 364 g/mol. The third-order valence-electron chi connectivity index (χ3n) is 5.38. The number of fused-ring (bicyclic) bond motifs is 1. The Morgan fingerprint density at radius 3 is 2.78 bits per heavy atom. The smallest absolute Gasteiger partial charge is 0.233 e. The first-order chi connectivity index (χ1) is 13.2. The SMILES string of the molecule is O=C(Cc1ccsc1)N1CCCN(C(=O)C2CCCCn3nnnc32)CC1. The van der Waals surface area contributed by atoms with Crippen LogP contribution in [0.5, 0.6) is 0 Å². The van der Waals surface area contributed by atoms with Crippen LogP contribution in [-0.4, -0.2) is 68.0 Å². The van der Waals surface area contributed by atoms with Gasteiger partial charge in [0.1, 0.15) is 0 Å². The molecule has 9 heteroatoms. The summed E-state index contributed by atoms with van der Waals surface area (Å²) in [7, 11) is 0. The fourth-order valence-corrected chi connectivity index (χ4v) is 4.55. The Labute approximate surface area is 162 Å². The summed E-state index contributed by atoms with van der Waals surface area (Å²) in [6, 6.07) is 1.99. The van der Waals surface area contributed by atoms with Crippen LogP contribution in [0.1, 0.15) is 43.0 Å². The first-order valence-corrected chi connectivity index (χ1v) is 10.5. The summed E-state index contributed by atoms with van der Waals surface area (Å²) in [4.78, 5) is 29.5. The van der Waals surface area contributed by atoms with Crippen molar-refractivity contribution in [3.05, 3.63) is 28.2 Å². The van der Waals surface area contributed by atoms with E-state index in [0.29, 0.717) is 38.4 Å². The van der Waals surface area contributed by atoms with Crippen LogP contribution < -0.4 is 0 Å². The van der Waals surface area contributed by atoms with E-state index in [1.165, 1.54) is 0 Å². The number of rotatable bonds is 3. The second-order valence-electron chi connectivity index (χ2n) is 7.18. The predicted octanol–water partition coefficient (Wildman–Crippen LogP) is 1.31. The van der Waals surface area contributed by atoms with Crippen LogP contribution in [0, 0.1) is 0 Å². The molecule has 0 saturated carbocycles. The number of hydrogen-bond acceptors (Lipinski definition) is 6.